The predicted molar refractivity (Wildman–Crippen MR) is 105 cm³/mol. The number of carbonyl (C=O) groups excluding carboxylic acids is 2. The van der Waals surface area contributed by atoms with Crippen molar-refractivity contribution in [3.63, 3.8) is 0 Å². The highest BCUT2D eigenvalue weighted by Crippen LogP contribution is 2.19. The Bertz CT molecular complexity index is 924. The van der Waals surface area contributed by atoms with Crippen LogP contribution in [0.15, 0.2) is 52.8 Å². The minimum atomic E-state index is -0.593. The normalized spacial score (nSPS) is 14.3. The zero-order valence-corrected chi connectivity index (χ0v) is 15.9. The van der Waals surface area contributed by atoms with E-state index in [4.69, 9.17) is 14.9 Å². The van der Waals surface area contributed by atoms with Gasteiger partial charge in [-0.1, -0.05) is 18.2 Å². The van der Waals surface area contributed by atoms with E-state index in [0.717, 1.165) is 5.56 Å². The van der Waals surface area contributed by atoms with Gasteiger partial charge in [0.15, 0.2) is 5.84 Å². The lowest BCUT2D eigenvalue weighted by molar-refractivity contribution is 0.0940. The van der Waals surface area contributed by atoms with Crippen LogP contribution in [0.2, 0.25) is 0 Å². The van der Waals surface area contributed by atoms with E-state index in [-0.39, 0.29) is 37.0 Å². The molecule has 10 heteroatoms. The Balaban J connectivity index is 1.72. The van der Waals surface area contributed by atoms with Crippen LogP contribution in [0.1, 0.15) is 10.6 Å². The Kier molecular flexibility index (Phi) is 6.25. The van der Waals surface area contributed by atoms with Crippen LogP contribution < -0.4 is 10.6 Å². The Morgan fingerprint density at radius 1 is 1.34 bits per heavy atom. The predicted octanol–water partition coefficient (Wildman–Crippen LogP) is 0.839. The summed E-state index contributed by atoms with van der Waals surface area (Å²) in [6, 6.07) is 8.76. The lowest BCUT2D eigenvalue weighted by atomic mass is 10.2. The van der Waals surface area contributed by atoms with Crippen molar-refractivity contribution in [2.24, 2.45) is 0 Å². The minimum absolute atomic E-state index is 0.0201. The second kappa shape index (κ2) is 9.02. The number of benzene rings is 1. The van der Waals surface area contributed by atoms with Crippen molar-refractivity contribution in [2.45, 2.75) is 0 Å². The summed E-state index contributed by atoms with van der Waals surface area (Å²) in [4.78, 5) is 31.7. The number of carbonyl (C=O) groups is 2. The Labute approximate surface area is 167 Å². The lowest BCUT2D eigenvalue weighted by Gasteiger charge is -2.20. The maximum Gasteiger partial charge on any atom is 0.325 e. The molecule has 0 unspecified atom stereocenters. The molecule has 1 aliphatic rings. The molecule has 3 rings (SSSR count). The van der Waals surface area contributed by atoms with Crippen LogP contribution in [0.25, 0.3) is 11.5 Å². The van der Waals surface area contributed by atoms with E-state index < -0.39 is 11.9 Å². The van der Waals surface area contributed by atoms with Crippen molar-refractivity contribution >= 4 is 17.8 Å². The van der Waals surface area contributed by atoms with Crippen LogP contribution in [-0.2, 0) is 0 Å². The first kappa shape index (κ1) is 20.1. The highest BCUT2D eigenvalue weighted by molar-refractivity contribution is 6.09. The number of hydrogen-bond donors (Lipinski definition) is 4. The fourth-order valence-electron chi connectivity index (χ4n) is 2.85. The summed E-state index contributed by atoms with van der Waals surface area (Å²) >= 11 is 0. The third-order valence-electron chi connectivity index (χ3n) is 4.28. The van der Waals surface area contributed by atoms with Crippen molar-refractivity contribution < 1.29 is 19.1 Å². The molecule has 29 heavy (non-hydrogen) atoms. The molecule has 3 amide bonds. The Hall–Kier alpha value is -3.66. The van der Waals surface area contributed by atoms with Crippen molar-refractivity contribution in [3.8, 4) is 11.5 Å². The number of oxazole rings is 1. The highest BCUT2D eigenvalue weighted by atomic mass is 16.4. The molecule has 1 aromatic carbocycles. The number of β-amino-alcohol motifs (C(OH)–C–C–N with tert-alkyl or cyclic N) is 1. The molecule has 0 radical (unpaired) electrons. The SMILES string of the molecule is CN/C=C(/NC(=O)c1cnc(-c2ccccc2)o1)C(=N)N1CCN(CCO)C1=O. The molecule has 0 saturated carbocycles. The van der Waals surface area contributed by atoms with E-state index in [1.54, 1.807) is 7.05 Å². The number of urea groups is 1. The van der Waals surface area contributed by atoms with Gasteiger partial charge in [-0.15, -0.1) is 0 Å². The van der Waals surface area contributed by atoms with Crippen molar-refractivity contribution in [1.82, 2.24) is 25.4 Å². The molecule has 2 heterocycles. The average Bonchev–Trinajstić information content (AvgIpc) is 3.36. The third-order valence-corrected chi connectivity index (χ3v) is 4.28. The van der Waals surface area contributed by atoms with E-state index >= 15 is 0 Å². The smallest absolute Gasteiger partial charge is 0.325 e. The average molecular weight is 398 g/mol. The topological polar surface area (TPSA) is 135 Å². The van der Waals surface area contributed by atoms with Crippen LogP contribution in [0, 0.1) is 5.41 Å². The van der Waals surface area contributed by atoms with Crippen molar-refractivity contribution in [3.05, 3.63) is 54.2 Å². The molecule has 10 nitrogen and oxygen atoms in total. The minimum Gasteiger partial charge on any atom is -0.431 e. The van der Waals surface area contributed by atoms with Gasteiger partial charge in [-0.3, -0.25) is 15.1 Å². The second-order valence-electron chi connectivity index (χ2n) is 6.19. The number of nitrogens with one attached hydrogen (secondary N) is 3. The molecule has 0 aliphatic carbocycles. The van der Waals surface area contributed by atoms with Crippen molar-refractivity contribution in [2.75, 3.05) is 33.3 Å². The Morgan fingerprint density at radius 3 is 2.79 bits per heavy atom. The number of nitrogens with zero attached hydrogens (tertiary/aromatic N) is 3. The molecule has 1 fully saturated rings. The van der Waals surface area contributed by atoms with Gasteiger partial charge in [-0.25, -0.2) is 9.78 Å². The number of rotatable bonds is 7. The van der Waals surface area contributed by atoms with E-state index in [1.807, 2.05) is 30.3 Å². The molecule has 0 spiro atoms. The van der Waals surface area contributed by atoms with Gasteiger partial charge >= 0.3 is 6.03 Å². The third kappa shape index (κ3) is 4.43. The largest absolute Gasteiger partial charge is 0.431 e. The summed E-state index contributed by atoms with van der Waals surface area (Å²) in [6.45, 7) is 0.721. The van der Waals surface area contributed by atoms with Gasteiger partial charge in [0.25, 0.3) is 5.91 Å². The van der Waals surface area contributed by atoms with E-state index in [9.17, 15) is 9.59 Å². The number of amides is 3. The quantitative estimate of drug-likeness (QED) is 0.403. The zero-order chi connectivity index (χ0) is 20.8. The van der Waals surface area contributed by atoms with Crippen LogP contribution in [0.5, 0.6) is 0 Å². The molecule has 1 saturated heterocycles. The van der Waals surface area contributed by atoms with Gasteiger partial charge in [0.1, 0.15) is 5.70 Å². The summed E-state index contributed by atoms with van der Waals surface area (Å²) in [5.41, 5.74) is 0.839. The molecule has 0 bridgehead atoms. The van der Waals surface area contributed by atoms with Gasteiger partial charge in [-0.2, -0.15) is 0 Å². The summed E-state index contributed by atoms with van der Waals surface area (Å²) in [6.07, 6.45) is 2.72. The highest BCUT2D eigenvalue weighted by Gasteiger charge is 2.32. The lowest BCUT2D eigenvalue weighted by Crippen LogP contribution is -2.41. The molecule has 2 aromatic rings. The van der Waals surface area contributed by atoms with Crippen LogP contribution in [-0.4, -0.2) is 71.0 Å². The standard InChI is InChI=1S/C19H22N6O4/c1-21-11-14(16(20)25-8-7-24(9-10-26)19(25)28)23-17(27)15-12-22-18(29-15)13-5-3-2-4-6-13/h2-6,11-12,20-21,26H,7-10H2,1H3,(H,23,27)/b14-11+,20-16?. The molecule has 1 aliphatic heterocycles. The maximum absolute atomic E-state index is 12.6. The number of aromatic nitrogens is 1. The number of amidine groups is 1. The summed E-state index contributed by atoms with van der Waals surface area (Å²) < 4.78 is 5.53. The summed E-state index contributed by atoms with van der Waals surface area (Å²) in [5, 5.41) is 22.7. The molecule has 152 valence electrons. The van der Waals surface area contributed by atoms with E-state index in [0.29, 0.717) is 12.4 Å². The van der Waals surface area contributed by atoms with Gasteiger partial charge in [0.05, 0.1) is 12.8 Å². The number of hydrogen-bond acceptors (Lipinski definition) is 7. The van der Waals surface area contributed by atoms with Crippen LogP contribution in [0.4, 0.5) is 4.79 Å². The second-order valence-corrected chi connectivity index (χ2v) is 6.19. The zero-order valence-electron chi connectivity index (χ0n) is 15.9. The van der Waals surface area contributed by atoms with Gasteiger partial charge in [0.2, 0.25) is 11.7 Å². The molecular weight excluding hydrogens is 376 g/mol. The Morgan fingerprint density at radius 2 is 2.10 bits per heavy atom. The monoisotopic (exact) mass is 398 g/mol. The summed E-state index contributed by atoms with van der Waals surface area (Å²) in [7, 11) is 1.62. The van der Waals surface area contributed by atoms with Crippen LogP contribution in [0.3, 0.4) is 0 Å². The van der Waals surface area contributed by atoms with E-state index in [2.05, 4.69) is 15.6 Å². The first-order valence-corrected chi connectivity index (χ1v) is 9.01. The molecule has 4 N–H and O–H groups in total. The maximum atomic E-state index is 12.6. The van der Waals surface area contributed by atoms with Gasteiger partial charge < -0.3 is 25.1 Å². The fourth-order valence-corrected chi connectivity index (χ4v) is 2.85. The van der Waals surface area contributed by atoms with Crippen molar-refractivity contribution in [1.29, 1.82) is 5.41 Å². The molecular formula is C19H22N6O4. The summed E-state index contributed by atoms with van der Waals surface area (Å²) in [5.74, 6) is -0.474. The van der Waals surface area contributed by atoms with Gasteiger partial charge in [-0.05, 0) is 12.1 Å². The number of aliphatic hydroxyl groups excluding tert-OH is 1. The van der Waals surface area contributed by atoms with Crippen LogP contribution >= 0.6 is 0 Å². The fraction of sp³-hybridized carbons (Fsp3) is 0.263. The van der Waals surface area contributed by atoms with Gasteiger partial charge in [0, 0.05) is 38.4 Å². The first-order valence-electron chi connectivity index (χ1n) is 9.01. The first-order chi connectivity index (χ1) is 14.0. The molecule has 0 atom stereocenters. The molecule has 1 aromatic heterocycles. The number of aliphatic hydroxyl groups is 1. The van der Waals surface area contributed by atoms with E-state index in [1.165, 1.54) is 22.2 Å².